The Kier molecular flexibility index (Phi) is 4.17. The van der Waals surface area contributed by atoms with Gasteiger partial charge in [0.25, 0.3) is 0 Å². The van der Waals surface area contributed by atoms with Crippen LogP contribution in [0.25, 0.3) is 0 Å². The van der Waals surface area contributed by atoms with Crippen molar-refractivity contribution in [2.75, 3.05) is 5.32 Å². The van der Waals surface area contributed by atoms with Gasteiger partial charge in [0.1, 0.15) is 0 Å². The standard InChI is InChI=1S/C15H18NP/c1-12(2)17-15-11-7-6-10-14(15)16-13-8-4-3-5-9-13/h3-12,16-17H,1-2H3. The third kappa shape index (κ3) is 3.57. The molecule has 0 aliphatic heterocycles. The lowest BCUT2D eigenvalue weighted by Gasteiger charge is -2.13. The van der Waals surface area contributed by atoms with E-state index in [0.717, 1.165) is 14.3 Å². The Hall–Kier alpha value is -1.33. The molecule has 0 bridgehead atoms. The van der Waals surface area contributed by atoms with Gasteiger partial charge in [-0.3, -0.25) is 0 Å². The molecule has 2 heteroatoms. The fraction of sp³-hybridized carbons (Fsp3) is 0.200. The monoisotopic (exact) mass is 243 g/mol. The maximum absolute atomic E-state index is 3.48. The van der Waals surface area contributed by atoms with Crippen LogP contribution in [0.3, 0.4) is 0 Å². The molecule has 1 unspecified atom stereocenters. The summed E-state index contributed by atoms with van der Waals surface area (Å²) in [6.45, 7) is 4.52. The van der Waals surface area contributed by atoms with Crippen LogP contribution in [0, 0.1) is 0 Å². The van der Waals surface area contributed by atoms with E-state index in [4.69, 9.17) is 0 Å². The molecule has 0 fully saturated rings. The van der Waals surface area contributed by atoms with Crippen molar-refractivity contribution in [3.8, 4) is 0 Å². The molecular formula is C15H18NP. The van der Waals surface area contributed by atoms with Gasteiger partial charge in [-0.2, -0.15) is 0 Å². The Morgan fingerprint density at radius 3 is 2.24 bits per heavy atom. The second-order valence-electron chi connectivity index (χ2n) is 4.34. The summed E-state index contributed by atoms with van der Waals surface area (Å²) >= 11 is 0. The van der Waals surface area contributed by atoms with Gasteiger partial charge in [0.2, 0.25) is 0 Å². The molecule has 2 aromatic carbocycles. The first kappa shape index (κ1) is 12.1. The minimum Gasteiger partial charge on any atom is -0.355 e. The summed E-state index contributed by atoms with van der Waals surface area (Å²) in [5, 5.41) is 4.89. The SMILES string of the molecule is CC(C)Pc1ccccc1Nc1ccccc1. The zero-order chi connectivity index (χ0) is 12.1. The van der Waals surface area contributed by atoms with Gasteiger partial charge in [0.05, 0.1) is 0 Å². The molecule has 0 aliphatic rings. The number of hydrogen-bond acceptors (Lipinski definition) is 1. The van der Waals surface area contributed by atoms with E-state index in [2.05, 4.69) is 67.7 Å². The van der Waals surface area contributed by atoms with Crippen molar-refractivity contribution in [1.82, 2.24) is 0 Å². The smallest absolute Gasteiger partial charge is 0.0459 e. The number of rotatable bonds is 4. The number of hydrogen-bond donors (Lipinski definition) is 1. The average molecular weight is 243 g/mol. The molecule has 0 heterocycles. The van der Waals surface area contributed by atoms with E-state index < -0.39 is 0 Å². The lowest BCUT2D eigenvalue weighted by atomic mass is 10.3. The summed E-state index contributed by atoms with van der Waals surface area (Å²) in [5.41, 5.74) is 3.08. The van der Waals surface area contributed by atoms with Crippen LogP contribution >= 0.6 is 8.58 Å². The summed E-state index contributed by atoms with van der Waals surface area (Å²) in [6, 6.07) is 18.9. The molecule has 17 heavy (non-hydrogen) atoms. The first-order valence-electron chi connectivity index (χ1n) is 5.93. The highest BCUT2D eigenvalue weighted by Gasteiger charge is 2.03. The number of para-hydroxylation sites is 2. The molecule has 0 saturated heterocycles. The summed E-state index contributed by atoms with van der Waals surface area (Å²) in [4.78, 5) is 0. The number of nitrogens with one attached hydrogen (secondary N) is 1. The van der Waals surface area contributed by atoms with E-state index >= 15 is 0 Å². The van der Waals surface area contributed by atoms with Crippen LogP contribution in [-0.4, -0.2) is 5.66 Å². The first-order chi connectivity index (χ1) is 8.25. The van der Waals surface area contributed by atoms with E-state index in [1.54, 1.807) is 0 Å². The van der Waals surface area contributed by atoms with E-state index in [9.17, 15) is 0 Å². The van der Waals surface area contributed by atoms with E-state index in [1.807, 2.05) is 6.07 Å². The number of anilines is 2. The normalized spacial score (nSPS) is 11.2. The minimum atomic E-state index is 0.703. The lowest BCUT2D eigenvalue weighted by molar-refractivity contribution is 1.11. The maximum Gasteiger partial charge on any atom is 0.0459 e. The van der Waals surface area contributed by atoms with Crippen molar-refractivity contribution in [2.24, 2.45) is 0 Å². The average Bonchev–Trinajstić information content (AvgIpc) is 2.32. The molecule has 1 N–H and O–H groups in total. The highest BCUT2D eigenvalue weighted by molar-refractivity contribution is 7.48. The fourth-order valence-electron chi connectivity index (χ4n) is 1.71. The van der Waals surface area contributed by atoms with Gasteiger partial charge in [0.15, 0.2) is 0 Å². The zero-order valence-corrected chi connectivity index (χ0v) is 11.3. The molecule has 1 nitrogen and oxygen atoms in total. The van der Waals surface area contributed by atoms with Gasteiger partial charge in [-0.15, -0.1) is 0 Å². The van der Waals surface area contributed by atoms with E-state index in [-0.39, 0.29) is 0 Å². The van der Waals surface area contributed by atoms with Crippen LogP contribution < -0.4 is 10.6 Å². The summed E-state index contributed by atoms with van der Waals surface area (Å²) < 4.78 is 0. The van der Waals surface area contributed by atoms with Crippen molar-refractivity contribution in [2.45, 2.75) is 19.5 Å². The van der Waals surface area contributed by atoms with Gasteiger partial charge in [0, 0.05) is 11.4 Å². The highest BCUT2D eigenvalue weighted by atomic mass is 31.1. The zero-order valence-electron chi connectivity index (χ0n) is 10.3. The predicted octanol–water partition coefficient (Wildman–Crippen LogP) is 4.14. The molecule has 0 spiro atoms. The second-order valence-corrected chi connectivity index (χ2v) is 6.32. The quantitative estimate of drug-likeness (QED) is 0.796. The van der Waals surface area contributed by atoms with Crippen molar-refractivity contribution < 1.29 is 0 Å². The van der Waals surface area contributed by atoms with Crippen LogP contribution in [-0.2, 0) is 0 Å². The molecular weight excluding hydrogens is 225 g/mol. The predicted molar refractivity (Wildman–Crippen MR) is 79.3 cm³/mol. The van der Waals surface area contributed by atoms with E-state index in [0.29, 0.717) is 5.66 Å². The highest BCUT2D eigenvalue weighted by Crippen LogP contribution is 2.24. The summed E-state index contributed by atoms with van der Waals surface area (Å²) in [5.74, 6) is 0. The molecule has 2 rings (SSSR count). The summed E-state index contributed by atoms with van der Waals surface area (Å²) in [6.07, 6.45) is 0. The molecule has 0 aromatic heterocycles. The van der Waals surface area contributed by atoms with Gasteiger partial charge < -0.3 is 5.32 Å². The maximum atomic E-state index is 3.48. The van der Waals surface area contributed by atoms with Crippen LogP contribution in [0.15, 0.2) is 54.6 Å². The third-order valence-electron chi connectivity index (χ3n) is 2.42. The third-order valence-corrected chi connectivity index (χ3v) is 3.75. The van der Waals surface area contributed by atoms with Crippen molar-refractivity contribution in [3.63, 3.8) is 0 Å². The van der Waals surface area contributed by atoms with Crippen LogP contribution in [0.1, 0.15) is 13.8 Å². The Labute approximate surface area is 105 Å². The van der Waals surface area contributed by atoms with Crippen LogP contribution in [0.2, 0.25) is 0 Å². The fourth-order valence-corrected chi connectivity index (χ4v) is 2.82. The van der Waals surface area contributed by atoms with Crippen molar-refractivity contribution in [3.05, 3.63) is 54.6 Å². The van der Waals surface area contributed by atoms with E-state index in [1.165, 1.54) is 11.0 Å². The molecule has 0 radical (unpaired) electrons. The van der Waals surface area contributed by atoms with Gasteiger partial charge >= 0.3 is 0 Å². The molecule has 0 aliphatic carbocycles. The molecule has 88 valence electrons. The molecule has 2 aromatic rings. The van der Waals surface area contributed by atoms with Gasteiger partial charge in [-0.25, -0.2) is 0 Å². The van der Waals surface area contributed by atoms with Crippen molar-refractivity contribution in [1.29, 1.82) is 0 Å². The van der Waals surface area contributed by atoms with Crippen LogP contribution in [0.4, 0.5) is 11.4 Å². The molecule has 1 atom stereocenters. The van der Waals surface area contributed by atoms with Crippen molar-refractivity contribution >= 4 is 25.3 Å². The largest absolute Gasteiger partial charge is 0.355 e. The number of benzene rings is 2. The Balaban J connectivity index is 2.20. The first-order valence-corrected chi connectivity index (χ1v) is 7.01. The summed E-state index contributed by atoms with van der Waals surface area (Å²) in [7, 11) is 0.849. The van der Waals surface area contributed by atoms with Gasteiger partial charge in [-0.1, -0.05) is 58.8 Å². The Morgan fingerprint density at radius 1 is 0.882 bits per heavy atom. The molecule has 0 amide bonds. The second kappa shape index (κ2) is 5.84. The lowest BCUT2D eigenvalue weighted by Crippen LogP contribution is -2.06. The topological polar surface area (TPSA) is 12.0 Å². The van der Waals surface area contributed by atoms with Gasteiger partial charge in [-0.05, 0) is 29.2 Å². The van der Waals surface area contributed by atoms with Crippen LogP contribution in [0.5, 0.6) is 0 Å². The Bertz CT molecular complexity index is 465. The minimum absolute atomic E-state index is 0.703. The Morgan fingerprint density at radius 2 is 1.53 bits per heavy atom. The molecule has 0 saturated carbocycles.